The van der Waals surface area contributed by atoms with Gasteiger partial charge < -0.3 is 15.1 Å². The number of nitrogens with zero attached hydrogens (tertiary/aromatic N) is 1. The summed E-state index contributed by atoms with van der Waals surface area (Å²) in [6.45, 7) is 5.31. The van der Waals surface area contributed by atoms with E-state index < -0.39 is 6.23 Å². The molecule has 98 valence electrons. The quantitative estimate of drug-likeness (QED) is 0.327. The lowest BCUT2D eigenvalue weighted by Crippen LogP contribution is -2.32. The van der Waals surface area contributed by atoms with Crippen molar-refractivity contribution in [1.82, 2.24) is 5.06 Å². The summed E-state index contributed by atoms with van der Waals surface area (Å²) in [7, 11) is 0. The highest BCUT2D eigenvalue weighted by molar-refractivity contribution is 4.46. The maximum Gasteiger partial charge on any atom is 0.126 e. The van der Waals surface area contributed by atoms with Crippen LogP contribution < -0.4 is 0 Å². The van der Waals surface area contributed by atoms with E-state index in [1.807, 2.05) is 0 Å². The summed E-state index contributed by atoms with van der Waals surface area (Å²) in [6, 6.07) is 0. The summed E-state index contributed by atoms with van der Waals surface area (Å²) in [4.78, 5) is 0. The molecule has 0 fully saturated rings. The maximum absolute atomic E-state index is 9.13. The fraction of sp³-hybridized carbons (Fsp3) is 1.00. The van der Waals surface area contributed by atoms with Crippen LogP contribution in [0.1, 0.15) is 52.4 Å². The molecule has 4 heteroatoms. The van der Waals surface area contributed by atoms with Crippen LogP contribution in [0.25, 0.3) is 0 Å². The molecule has 0 aromatic heterocycles. The molecule has 16 heavy (non-hydrogen) atoms. The SMILES string of the molecule is CCCCCCCCOCCN(O)C(C)O. The molecule has 0 bridgehead atoms. The van der Waals surface area contributed by atoms with Gasteiger partial charge in [0.1, 0.15) is 6.23 Å². The number of hydroxylamine groups is 2. The van der Waals surface area contributed by atoms with Gasteiger partial charge in [-0.2, -0.15) is 5.06 Å². The Morgan fingerprint density at radius 2 is 1.69 bits per heavy atom. The highest BCUT2D eigenvalue weighted by Gasteiger charge is 2.05. The van der Waals surface area contributed by atoms with E-state index in [4.69, 9.17) is 15.1 Å². The number of aliphatic hydroxyl groups excluding tert-OH is 1. The van der Waals surface area contributed by atoms with Crippen LogP contribution in [0, 0.1) is 0 Å². The minimum absolute atomic E-state index is 0.355. The van der Waals surface area contributed by atoms with Gasteiger partial charge in [-0.05, 0) is 13.3 Å². The number of rotatable bonds is 11. The minimum Gasteiger partial charge on any atom is -0.380 e. The largest absolute Gasteiger partial charge is 0.380 e. The molecule has 0 heterocycles. The topological polar surface area (TPSA) is 52.9 Å². The Hall–Kier alpha value is -0.160. The number of unbranched alkanes of at least 4 members (excludes halogenated alkanes) is 5. The highest BCUT2D eigenvalue weighted by atomic mass is 16.5. The summed E-state index contributed by atoms with van der Waals surface area (Å²) in [6.07, 6.45) is 6.71. The van der Waals surface area contributed by atoms with Crippen LogP contribution in [0.5, 0.6) is 0 Å². The molecule has 0 aromatic rings. The van der Waals surface area contributed by atoms with Gasteiger partial charge >= 0.3 is 0 Å². The Kier molecular flexibility index (Phi) is 11.2. The van der Waals surface area contributed by atoms with Crippen LogP contribution in [0.4, 0.5) is 0 Å². The molecule has 0 rings (SSSR count). The molecule has 2 N–H and O–H groups in total. The second kappa shape index (κ2) is 11.3. The normalized spacial score (nSPS) is 13.3. The molecule has 0 aliphatic carbocycles. The first kappa shape index (κ1) is 15.8. The fourth-order valence-electron chi connectivity index (χ4n) is 1.43. The second-order valence-electron chi connectivity index (χ2n) is 4.18. The fourth-order valence-corrected chi connectivity index (χ4v) is 1.43. The van der Waals surface area contributed by atoms with Crippen LogP contribution in [0.15, 0.2) is 0 Å². The van der Waals surface area contributed by atoms with E-state index in [-0.39, 0.29) is 0 Å². The second-order valence-corrected chi connectivity index (χ2v) is 4.18. The zero-order valence-electron chi connectivity index (χ0n) is 10.7. The Bertz CT molecular complexity index is 142. The summed E-state index contributed by atoms with van der Waals surface area (Å²) >= 11 is 0. The number of hydrogen-bond acceptors (Lipinski definition) is 4. The summed E-state index contributed by atoms with van der Waals surface area (Å²) < 4.78 is 5.35. The molecule has 4 nitrogen and oxygen atoms in total. The zero-order chi connectivity index (χ0) is 12.2. The van der Waals surface area contributed by atoms with E-state index in [0.717, 1.165) is 18.1 Å². The lowest BCUT2D eigenvalue weighted by atomic mass is 10.1. The average Bonchev–Trinajstić information content (AvgIpc) is 2.26. The van der Waals surface area contributed by atoms with Crippen molar-refractivity contribution in [2.75, 3.05) is 19.8 Å². The van der Waals surface area contributed by atoms with Crippen molar-refractivity contribution in [3.8, 4) is 0 Å². The molecular formula is C12H27NO3. The molecule has 1 unspecified atom stereocenters. The molecule has 1 atom stereocenters. The van der Waals surface area contributed by atoms with Gasteiger partial charge in [-0.1, -0.05) is 39.0 Å². The van der Waals surface area contributed by atoms with Gasteiger partial charge in [-0.15, -0.1) is 0 Å². The molecule has 0 radical (unpaired) electrons. The summed E-state index contributed by atoms with van der Waals surface area (Å²) in [5.41, 5.74) is 0. The van der Waals surface area contributed by atoms with E-state index in [2.05, 4.69) is 6.92 Å². The van der Waals surface area contributed by atoms with Crippen molar-refractivity contribution in [2.45, 2.75) is 58.6 Å². The number of aliphatic hydroxyl groups is 1. The Balaban J connectivity index is 3.04. The predicted octanol–water partition coefficient (Wildman–Crippen LogP) is 2.39. The Morgan fingerprint density at radius 1 is 1.06 bits per heavy atom. The van der Waals surface area contributed by atoms with Gasteiger partial charge in [-0.3, -0.25) is 0 Å². The van der Waals surface area contributed by atoms with Gasteiger partial charge in [0.05, 0.1) is 13.2 Å². The average molecular weight is 233 g/mol. The lowest BCUT2D eigenvalue weighted by Gasteiger charge is -2.17. The molecule has 0 aliphatic rings. The van der Waals surface area contributed by atoms with Crippen LogP contribution in [0.2, 0.25) is 0 Å². The lowest BCUT2D eigenvalue weighted by molar-refractivity contribution is -0.194. The number of ether oxygens (including phenoxy) is 1. The van der Waals surface area contributed by atoms with Gasteiger partial charge in [0.25, 0.3) is 0 Å². The molecule has 0 aromatic carbocycles. The van der Waals surface area contributed by atoms with Crippen LogP contribution in [0.3, 0.4) is 0 Å². The van der Waals surface area contributed by atoms with E-state index >= 15 is 0 Å². The molecule has 0 amide bonds. The van der Waals surface area contributed by atoms with Crippen molar-refractivity contribution in [3.63, 3.8) is 0 Å². The summed E-state index contributed by atoms with van der Waals surface area (Å²) in [5.74, 6) is 0. The van der Waals surface area contributed by atoms with Gasteiger partial charge in [0.2, 0.25) is 0 Å². The van der Waals surface area contributed by atoms with E-state index in [0.29, 0.717) is 13.2 Å². The third-order valence-corrected chi connectivity index (χ3v) is 2.54. The number of hydrogen-bond donors (Lipinski definition) is 2. The first-order chi connectivity index (χ1) is 7.68. The van der Waals surface area contributed by atoms with E-state index in [1.165, 1.54) is 39.0 Å². The zero-order valence-corrected chi connectivity index (χ0v) is 10.7. The van der Waals surface area contributed by atoms with Crippen molar-refractivity contribution in [2.24, 2.45) is 0 Å². The summed E-state index contributed by atoms with van der Waals surface area (Å²) in [5, 5.41) is 19.0. The molecular weight excluding hydrogens is 206 g/mol. The van der Waals surface area contributed by atoms with E-state index in [1.54, 1.807) is 0 Å². The van der Waals surface area contributed by atoms with Crippen molar-refractivity contribution in [3.05, 3.63) is 0 Å². The van der Waals surface area contributed by atoms with Gasteiger partial charge in [0.15, 0.2) is 0 Å². The molecule has 0 saturated carbocycles. The van der Waals surface area contributed by atoms with Crippen molar-refractivity contribution in [1.29, 1.82) is 0 Å². The van der Waals surface area contributed by atoms with Crippen LogP contribution in [-0.4, -0.2) is 41.4 Å². The monoisotopic (exact) mass is 233 g/mol. The third kappa shape index (κ3) is 10.4. The van der Waals surface area contributed by atoms with Crippen molar-refractivity contribution < 1.29 is 15.1 Å². The maximum atomic E-state index is 9.13. The van der Waals surface area contributed by atoms with Crippen molar-refractivity contribution >= 4 is 0 Å². The van der Waals surface area contributed by atoms with E-state index in [9.17, 15) is 0 Å². The minimum atomic E-state index is -0.822. The smallest absolute Gasteiger partial charge is 0.126 e. The van der Waals surface area contributed by atoms with Crippen LogP contribution in [-0.2, 0) is 4.74 Å². The molecule has 0 aliphatic heterocycles. The third-order valence-electron chi connectivity index (χ3n) is 2.54. The molecule has 0 saturated heterocycles. The standard InChI is InChI=1S/C12H27NO3/c1-3-4-5-6-7-8-10-16-11-9-13(15)12(2)14/h12,14-15H,3-11H2,1-2H3. The van der Waals surface area contributed by atoms with Gasteiger partial charge in [-0.25, -0.2) is 0 Å². The van der Waals surface area contributed by atoms with Crippen LogP contribution >= 0.6 is 0 Å². The van der Waals surface area contributed by atoms with Gasteiger partial charge in [0, 0.05) is 6.61 Å². The first-order valence-electron chi connectivity index (χ1n) is 6.39. The highest BCUT2D eigenvalue weighted by Crippen LogP contribution is 2.04. The first-order valence-corrected chi connectivity index (χ1v) is 6.39. The Morgan fingerprint density at radius 3 is 2.31 bits per heavy atom. The molecule has 0 spiro atoms. The predicted molar refractivity (Wildman–Crippen MR) is 64.4 cm³/mol. The Labute approximate surface area is 99.2 Å².